The van der Waals surface area contributed by atoms with E-state index in [1.165, 1.54) is 23.8 Å². The largest absolute Gasteiger partial charge is 0.384 e. The topological polar surface area (TPSA) is 93.4 Å². The number of sulfone groups is 1. The van der Waals surface area contributed by atoms with Crippen LogP contribution in [-0.2, 0) is 27.7 Å². The molecule has 1 aliphatic rings. The Hall–Kier alpha value is -3.81. The first-order valence-corrected chi connectivity index (χ1v) is 14.3. The minimum atomic E-state index is -3.97. The Morgan fingerprint density at radius 1 is 0.947 bits per heavy atom. The van der Waals surface area contributed by atoms with E-state index in [-0.39, 0.29) is 16.6 Å². The number of fused-ring (bicyclic) bond motifs is 1. The zero-order valence-corrected chi connectivity index (χ0v) is 22.6. The highest BCUT2D eigenvalue weighted by atomic mass is 32.2. The third-order valence-electron chi connectivity index (χ3n) is 7.22. The van der Waals surface area contributed by atoms with E-state index in [2.05, 4.69) is 61.0 Å². The molecule has 1 aromatic heterocycles. The van der Waals surface area contributed by atoms with Crippen LogP contribution >= 0.6 is 0 Å². The number of ketones is 1. The fraction of sp³-hybridized carbons (Fsp3) is 0.226. The van der Waals surface area contributed by atoms with Gasteiger partial charge < -0.3 is 5.73 Å². The number of carbonyl (C=O) groups excluding carboxylic acids is 1. The van der Waals surface area contributed by atoms with Gasteiger partial charge >= 0.3 is 0 Å². The van der Waals surface area contributed by atoms with Crippen LogP contribution in [0.25, 0.3) is 11.1 Å². The lowest BCUT2D eigenvalue weighted by atomic mass is 9.94. The summed E-state index contributed by atoms with van der Waals surface area (Å²) in [4.78, 5) is 19.9. The third-order valence-corrected chi connectivity index (χ3v) is 8.75. The van der Waals surface area contributed by atoms with Crippen molar-refractivity contribution in [2.75, 3.05) is 11.5 Å². The monoisotopic (exact) mass is 525 g/mol. The molecule has 2 heterocycles. The lowest BCUT2D eigenvalue weighted by molar-refractivity contribution is -0.121. The average molecular weight is 526 g/mol. The van der Waals surface area contributed by atoms with E-state index in [0.29, 0.717) is 13.1 Å². The van der Waals surface area contributed by atoms with Crippen molar-refractivity contribution in [3.05, 3.63) is 112 Å². The van der Waals surface area contributed by atoms with E-state index >= 15 is 0 Å². The van der Waals surface area contributed by atoms with Crippen molar-refractivity contribution in [1.82, 2.24) is 9.88 Å². The van der Waals surface area contributed by atoms with E-state index < -0.39 is 21.6 Å². The minimum absolute atomic E-state index is 0.101. The SMILES string of the molecule is Cc1cc(C)c(CN2Cc3c(-c4ccccc4)cccc3C2C(=O)CS(=O)(=O)c2cccc(N)n2)c(C)c1. The number of hydrogen-bond acceptors (Lipinski definition) is 6. The van der Waals surface area contributed by atoms with E-state index in [0.717, 1.165) is 38.9 Å². The summed E-state index contributed by atoms with van der Waals surface area (Å²) < 4.78 is 26.4. The van der Waals surface area contributed by atoms with E-state index in [9.17, 15) is 13.2 Å². The summed E-state index contributed by atoms with van der Waals surface area (Å²) in [6, 6.07) is 24.1. The van der Waals surface area contributed by atoms with E-state index in [4.69, 9.17) is 5.73 Å². The molecule has 0 aliphatic carbocycles. The Balaban J connectivity index is 1.57. The molecule has 0 saturated carbocycles. The first-order chi connectivity index (χ1) is 18.1. The first-order valence-electron chi connectivity index (χ1n) is 12.6. The van der Waals surface area contributed by atoms with Crippen LogP contribution in [0.15, 0.2) is 83.9 Å². The van der Waals surface area contributed by atoms with Crippen LogP contribution in [0.2, 0.25) is 0 Å². The minimum Gasteiger partial charge on any atom is -0.384 e. The number of aromatic nitrogens is 1. The Morgan fingerprint density at radius 3 is 2.32 bits per heavy atom. The summed E-state index contributed by atoms with van der Waals surface area (Å²) in [5.41, 5.74) is 14.4. The molecular formula is C31H31N3O3S. The first kappa shape index (κ1) is 25.8. The smallest absolute Gasteiger partial charge is 0.202 e. The van der Waals surface area contributed by atoms with Gasteiger partial charge in [-0.15, -0.1) is 0 Å². The van der Waals surface area contributed by atoms with Crippen LogP contribution in [-0.4, -0.2) is 29.8 Å². The summed E-state index contributed by atoms with van der Waals surface area (Å²) >= 11 is 0. The molecule has 0 fully saturated rings. The molecule has 1 unspecified atom stereocenters. The zero-order valence-electron chi connectivity index (χ0n) is 21.8. The summed E-state index contributed by atoms with van der Waals surface area (Å²) in [5.74, 6) is -0.921. The third kappa shape index (κ3) is 4.99. The highest BCUT2D eigenvalue weighted by Crippen LogP contribution is 2.41. The molecule has 0 radical (unpaired) electrons. The number of pyridine rings is 1. The van der Waals surface area contributed by atoms with Crippen LogP contribution in [0.1, 0.15) is 39.4 Å². The number of nitrogen functional groups attached to an aromatic ring is 1. The number of aryl methyl sites for hydroxylation is 3. The van der Waals surface area contributed by atoms with Crippen LogP contribution in [0.4, 0.5) is 5.82 Å². The van der Waals surface area contributed by atoms with Gasteiger partial charge in [-0.05, 0) is 71.8 Å². The van der Waals surface area contributed by atoms with Gasteiger partial charge in [0.25, 0.3) is 0 Å². The average Bonchev–Trinajstić information content (AvgIpc) is 3.25. The van der Waals surface area contributed by atoms with Crippen molar-refractivity contribution < 1.29 is 13.2 Å². The van der Waals surface area contributed by atoms with Crippen molar-refractivity contribution in [2.45, 2.75) is 44.9 Å². The Labute approximate surface area is 224 Å². The number of hydrogen-bond donors (Lipinski definition) is 1. The molecule has 0 bridgehead atoms. The van der Waals surface area contributed by atoms with Gasteiger partial charge in [-0.1, -0.05) is 72.3 Å². The predicted molar refractivity (Wildman–Crippen MR) is 150 cm³/mol. The Bertz CT molecular complexity index is 1610. The van der Waals surface area contributed by atoms with Crippen molar-refractivity contribution in [1.29, 1.82) is 0 Å². The lowest BCUT2D eigenvalue weighted by Crippen LogP contribution is -2.32. The number of nitrogens with zero attached hydrogens (tertiary/aromatic N) is 2. The van der Waals surface area contributed by atoms with Crippen LogP contribution in [0, 0.1) is 20.8 Å². The maximum Gasteiger partial charge on any atom is 0.202 e. The molecule has 7 heteroatoms. The standard InChI is InChI=1S/C31H31N3O3S/c1-20-15-21(2)26(22(3)16-20)17-34-18-27-24(23-9-5-4-6-10-23)11-7-12-25(27)31(34)28(35)19-38(36,37)30-14-8-13-29(32)33-30/h4-16,31H,17-19H2,1-3H3,(H2,32,33). The van der Waals surface area contributed by atoms with E-state index in [1.807, 2.05) is 30.3 Å². The van der Waals surface area contributed by atoms with Crippen molar-refractivity contribution in [3.8, 4) is 11.1 Å². The normalized spacial score (nSPS) is 15.4. The summed E-state index contributed by atoms with van der Waals surface area (Å²) in [7, 11) is -3.97. The van der Waals surface area contributed by atoms with Gasteiger partial charge in [0.05, 0.1) is 6.04 Å². The number of Topliss-reactive ketones (excluding diaryl/α,β-unsaturated/α-hetero) is 1. The Morgan fingerprint density at radius 2 is 1.63 bits per heavy atom. The molecule has 0 saturated heterocycles. The summed E-state index contributed by atoms with van der Waals surface area (Å²) in [6.45, 7) is 7.32. The molecule has 1 atom stereocenters. The number of anilines is 1. The van der Waals surface area contributed by atoms with Gasteiger partial charge in [0.1, 0.15) is 11.6 Å². The number of carbonyl (C=O) groups is 1. The van der Waals surface area contributed by atoms with Gasteiger partial charge in [-0.2, -0.15) is 0 Å². The lowest BCUT2D eigenvalue weighted by Gasteiger charge is -2.26. The fourth-order valence-corrected chi connectivity index (χ4v) is 6.76. The second-order valence-electron chi connectivity index (χ2n) is 10.1. The van der Waals surface area contributed by atoms with Gasteiger partial charge in [-0.3, -0.25) is 9.69 Å². The number of rotatable bonds is 7. The van der Waals surface area contributed by atoms with Gasteiger partial charge in [0.2, 0.25) is 9.84 Å². The summed E-state index contributed by atoms with van der Waals surface area (Å²) in [5, 5.41) is -0.182. The van der Waals surface area contributed by atoms with Crippen molar-refractivity contribution >= 4 is 21.4 Å². The Kier molecular flexibility index (Phi) is 6.90. The second-order valence-corrected chi connectivity index (χ2v) is 12.0. The summed E-state index contributed by atoms with van der Waals surface area (Å²) in [6.07, 6.45) is 0. The molecule has 6 nitrogen and oxygen atoms in total. The van der Waals surface area contributed by atoms with Crippen LogP contribution in [0.5, 0.6) is 0 Å². The van der Waals surface area contributed by atoms with Crippen LogP contribution < -0.4 is 5.73 Å². The maximum atomic E-state index is 13.9. The molecule has 1 aliphatic heterocycles. The van der Waals surface area contributed by atoms with Gasteiger partial charge in [0.15, 0.2) is 10.8 Å². The molecule has 0 spiro atoms. The van der Waals surface area contributed by atoms with Gasteiger partial charge in [-0.25, -0.2) is 13.4 Å². The highest BCUT2D eigenvalue weighted by molar-refractivity contribution is 7.92. The van der Waals surface area contributed by atoms with Gasteiger partial charge in [0, 0.05) is 13.1 Å². The zero-order chi connectivity index (χ0) is 27.0. The molecule has 5 rings (SSSR count). The second kappa shape index (κ2) is 10.2. The molecule has 38 heavy (non-hydrogen) atoms. The molecular weight excluding hydrogens is 494 g/mol. The highest BCUT2D eigenvalue weighted by Gasteiger charge is 2.39. The molecule has 0 amide bonds. The van der Waals surface area contributed by atoms with E-state index in [1.54, 1.807) is 0 Å². The molecule has 2 N–H and O–H groups in total. The predicted octanol–water partition coefficient (Wildman–Crippen LogP) is 5.36. The molecule has 4 aromatic rings. The maximum absolute atomic E-state index is 13.9. The van der Waals surface area contributed by atoms with Crippen molar-refractivity contribution in [2.24, 2.45) is 0 Å². The van der Waals surface area contributed by atoms with Crippen molar-refractivity contribution in [3.63, 3.8) is 0 Å². The van der Waals surface area contributed by atoms with Crippen LogP contribution in [0.3, 0.4) is 0 Å². The molecule has 3 aromatic carbocycles. The fourth-order valence-electron chi connectivity index (χ4n) is 5.55. The number of nitrogens with two attached hydrogens (primary N) is 1. The number of benzene rings is 3. The molecule has 194 valence electrons. The quantitative estimate of drug-likeness (QED) is 0.349.